The van der Waals surface area contributed by atoms with E-state index in [0.717, 1.165) is 49.7 Å². The molecule has 5 atom stereocenters. The summed E-state index contributed by atoms with van der Waals surface area (Å²) in [5, 5.41) is 11.0. The number of methoxy groups -OCH3 is 1. The zero-order valence-electron chi connectivity index (χ0n) is 26.7. The van der Waals surface area contributed by atoms with E-state index < -0.39 is 43.0 Å². The van der Waals surface area contributed by atoms with Crippen LogP contribution in [0.2, 0.25) is 5.02 Å². The van der Waals surface area contributed by atoms with Crippen LogP contribution < -0.4 is 4.74 Å². The number of hydrogen-bond acceptors (Lipinski definition) is 7. The summed E-state index contributed by atoms with van der Waals surface area (Å²) in [5.74, 6) is -1.34. The van der Waals surface area contributed by atoms with Gasteiger partial charge in [0.1, 0.15) is 30.2 Å². The van der Waals surface area contributed by atoms with E-state index in [4.69, 9.17) is 40.0 Å². The molecule has 1 N–H and O–H groups in total. The second-order valence-electron chi connectivity index (χ2n) is 11.3. The van der Waals surface area contributed by atoms with Crippen LogP contribution >= 0.6 is 11.6 Å². The first kappa shape index (κ1) is 37.5. The van der Waals surface area contributed by atoms with Crippen molar-refractivity contribution in [2.45, 2.75) is 102 Å². The third kappa shape index (κ3) is 10.5. The maximum Gasteiger partial charge on any atom is 0.422 e. The number of ether oxygens (including phenoxy) is 6. The zero-order chi connectivity index (χ0) is 32.9. The summed E-state index contributed by atoms with van der Waals surface area (Å²) in [5.41, 5.74) is 2.19. The Hall–Kier alpha value is -1.92. The number of hydrogen-bond donors (Lipinski definition) is 1. The molecule has 254 valence electrons. The van der Waals surface area contributed by atoms with E-state index >= 15 is 0 Å². The van der Waals surface area contributed by atoms with E-state index in [-0.39, 0.29) is 12.4 Å². The summed E-state index contributed by atoms with van der Waals surface area (Å²) in [4.78, 5) is 0. The van der Waals surface area contributed by atoms with Crippen molar-refractivity contribution in [2.24, 2.45) is 0 Å². The molecule has 3 rings (SSSR count). The lowest BCUT2D eigenvalue weighted by Gasteiger charge is -2.52. The molecule has 0 spiro atoms. The van der Waals surface area contributed by atoms with Crippen LogP contribution in [0.15, 0.2) is 42.5 Å². The van der Waals surface area contributed by atoms with Gasteiger partial charge in [-0.3, -0.25) is 0 Å². The van der Waals surface area contributed by atoms with Crippen molar-refractivity contribution >= 4 is 11.6 Å². The number of halogens is 4. The molecule has 0 amide bonds. The number of alkyl halides is 3. The first-order valence-electron chi connectivity index (χ1n) is 15.9. The fraction of sp³-hybridized carbons (Fsp3) is 0.647. The van der Waals surface area contributed by atoms with E-state index in [2.05, 4.69) is 20.8 Å². The Kier molecular flexibility index (Phi) is 15.4. The van der Waals surface area contributed by atoms with E-state index in [1.165, 1.54) is 12.1 Å². The van der Waals surface area contributed by atoms with Crippen molar-refractivity contribution < 1.29 is 46.7 Å². The monoisotopic (exact) mass is 660 g/mol. The number of rotatable bonds is 19. The lowest BCUT2D eigenvalue weighted by molar-refractivity contribution is -0.381. The molecule has 1 heterocycles. The van der Waals surface area contributed by atoms with Gasteiger partial charge in [0.25, 0.3) is 0 Å². The fourth-order valence-electron chi connectivity index (χ4n) is 5.30. The standard InChI is InChI=1S/C34H48ClF3O7/c1-5-8-17-41-30-29(22-39)45-34(40-4,32(43-19-10-7-3)31(30)42-18-9-6-2)26-13-16-28(35)25(21-26)20-24-11-14-27(15-12-24)44-23-33(36,37)38/h11-16,21,29-32,39H,5-10,17-20,22-23H2,1-4H3/t29-,30-,31+,32-,34+/m1/s1. The normalized spacial score (nSPS) is 23.8. The highest BCUT2D eigenvalue weighted by Gasteiger charge is 2.58. The summed E-state index contributed by atoms with van der Waals surface area (Å²) < 4.78 is 74.7. The predicted octanol–water partition coefficient (Wildman–Crippen LogP) is 7.62. The molecule has 0 saturated carbocycles. The number of aliphatic hydroxyl groups is 1. The molecule has 1 fully saturated rings. The summed E-state index contributed by atoms with van der Waals surface area (Å²) in [6.45, 7) is 5.99. The summed E-state index contributed by atoms with van der Waals surface area (Å²) in [6.07, 6.45) is -1.38. The Morgan fingerprint density at radius 3 is 2.02 bits per heavy atom. The van der Waals surface area contributed by atoms with Crippen molar-refractivity contribution in [1.29, 1.82) is 0 Å². The minimum atomic E-state index is -4.42. The van der Waals surface area contributed by atoms with E-state index in [1.807, 2.05) is 12.1 Å². The lowest BCUT2D eigenvalue weighted by atomic mass is 9.86. The minimum Gasteiger partial charge on any atom is -0.484 e. The Balaban J connectivity index is 2.00. The van der Waals surface area contributed by atoms with Crippen molar-refractivity contribution in [2.75, 3.05) is 40.1 Å². The molecule has 1 aliphatic rings. The second kappa shape index (κ2) is 18.4. The molecule has 45 heavy (non-hydrogen) atoms. The molecule has 0 radical (unpaired) electrons. The molecule has 0 unspecified atom stereocenters. The molecule has 2 aromatic carbocycles. The topological polar surface area (TPSA) is 75.6 Å². The summed E-state index contributed by atoms with van der Waals surface area (Å²) >= 11 is 6.66. The highest BCUT2D eigenvalue weighted by Crippen LogP contribution is 2.44. The van der Waals surface area contributed by atoms with E-state index in [9.17, 15) is 18.3 Å². The molecular weight excluding hydrogens is 613 g/mol. The van der Waals surface area contributed by atoms with Gasteiger partial charge >= 0.3 is 6.18 Å². The van der Waals surface area contributed by atoms with Crippen LogP contribution in [0, 0.1) is 0 Å². The average Bonchev–Trinajstić information content (AvgIpc) is 3.02. The van der Waals surface area contributed by atoms with Gasteiger partial charge in [0.15, 0.2) is 6.61 Å². The van der Waals surface area contributed by atoms with Gasteiger partial charge in [-0.25, -0.2) is 0 Å². The van der Waals surface area contributed by atoms with Crippen LogP contribution in [-0.2, 0) is 35.9 Å². The molecule has 1 aliphatic heterocycles. The third-order valence-electron chi connectivity index (χ3n) is 7.75. The van der Waals surface area contributed by atoms with Crippen molar-refractivity contribution in [3.05, 3.63) is 64.2 Å². The predicted molar refractivity (Wildman–Crippen MR) is 167 cm³/mol. The molecule has 0 aliphatic carbocycles. The van der Waals surface area contributed by atoms with Gasteiger partial charge in [-0.1, -0.05) is 69.8 Å². The highest BCUT2D eigenvalue weighted by molar-refractivity contribution is 6.31. The zero-order valence-corrected chi connectivity index (χ0v) is 27.5. The van der Waals surface area contributed by atoms with Crippen LogP contribution in [0.1, 0.15) is 76.0 Å². The second-order valence-corrected chi connectivity index (χ2v) is 11.7. The minimum absolute atomic E-state index is 0.122. The summed E-state index contributed by atoms with van der Waals surface area (Å²) in [7, 11) is 1.54. The van der Waals surface area contributed by atoms with Crippen LogP contribution in [0.5, 0.6) is 5.75 Å². The van der Waals surface area contributed by atoms with E-state index in [1.54, 1.807) is 25.3 Å². The van der Waals surface area contributed by atoms with Gasteiger partial charge < -0.3 is 33.5 Å². The first-order valence-corrected chi connectivity index (χ1v) is 16.3. The van der Waals surface area contributed by atoms with Crippen LogP contribution in [0.4, 0.5) is 13.2 Å². The fourth-order valence-corrected chi connectivity index (χ4v) is 5.49. The van der Waals surface area contributed by atoms with Gasteiger partial charge in [0.2, 0.25) is 5.79 Å². The van der Waals surface area contributed by atoms with Gasteiger partial charge in [-0.15, -0.1) is 0 Å². The SMILES string of the molecule is CCCCO[C@H]1[C@H](OCCCC)[C@@H](CO)O[C@@](OC)(c2ccc(Cl)c(Cc3ccc(OCC(F)(F)F)cc3)c2)[C@@H]1OCCCC. The molecule has 1 saturated heterocycles. The van der Waals surface area contributed by atoms with Gasteiger partial charge in [0.05, 0.1) is 6.61 Å². The molecule has 0 aromatic heterocycles. The Morgan fingerprint density at radius 1 is 0.867 bits per heavy atom. The smallest absolute Gasteiger partial charge is 0.422 e. The maximum atomic E-state index is 12.6. The number of unbranched alkanes of at least 4 members (excludes halogenated alkanes) is 3. The first-order chi connectivity index (χ1) is 21.6. The van der Waals surface area contributed by atoms with Crippen LogP contribution in [0.25, 0.3) is 0 Å². The Labute approximate surface area is 270 Å². The molecule has 11 heteroatoms. The molecule has 7 nitrogen and oxygen atoms in total. The lowest BCUT2D eigenvalue weighted by Crippen LogP contribution is -2.66. The maximum absolute atomic E-state index is 12.6. The van der Waals surface area contributed by atoms with Crippen LogP contribution in [0.3, 0.4) is 0 Å². The number of benzene rings is 2. The van der Waals surface area contributed by atoms with E-state index in [0.29, 0.717) is 36.8 Å². The molecular formula is C34H48ClF3O7. The van der Waals surface area contributed by atoms with Crippen LogP contribution in [-0.4, -0.2) is 75.8 Å². The highest BCUT2D eigenvalue weighted by atomic mass is 35.5. The van der Waals surface area contributed by atoms with Crippen molar-refractivity contribution in [3.63, 3.8) is 0 Å². The largest absolute Gasteiger partial charge is 0.484 e. The van der Waals surface area contributed by atoms with Crippen molar-refractivity contribution in [3.8, 4) is 5.75 Å². The summed E-state index contributed by atoms with van der Waals surface area (Å²) in [6, 6.07) is 11.9. The average molecular weight is 661 g/mol. The third-order valence-corrected chi connectivity index (χ3v) is 8.12. The Bertz CT molecular complexity index is 1130. The molecule has 2 aromatic rings. The Morgan fingerprint density at radius 2 is 1.47 bits per heavy atom. The van der Waals surface area contributed by atoms with Gasteiger partial charge in [0, 0.05) is 37.5 Å². The molecule has 0 bridgehead atoms. The van der Waals surface area contributed by atoms with Gasteiger partial charge in [-0.2, -0.15) is 13.2 Å². The number of aliphatic hydroxyl groups excluding tert-OH is 1. The van der Waals surface area contributed by atoms with Gasteiger partial charge in [-0.05, 0) is 61.1 Å². The van der Waals surface area contributed by atoms with Crippen molar-refractivity contribution in [1.82, 2.24) is 0 Å². The quantitative estimate of drug-likeness (QED) is 0.155.